The van der Waals surface area contributed by atoms with Crippen LogP contribution in [-0.4, -0.2) is 18.4 Å². The molecule has 0 amide bonds. The quantitative estimate of drug-likeness (QED) is 0.314. The molecular weight excluding hydrogens is 506 g/mol. The molecule has 0 saturated heterocycles. The Labute approximate surface area is 210 Å². The molecule has 5 aromatic rings. The monoisotopic (exact) mass is 525 g/mol. The molecule has 3 aromatic heterocycles. The number of para-hydroxylation sites is 1. The summed E-state index contributed by atoms with van der Waals surface area (Å²) in [5.41, 5.74) is 3.57. The Kier molecular flexibility index (Phi) is 5.82. The van der Waals surface area contributed by atoms with Crippen LogP contribution in [0.15, 0.2) is 67.5 Å². The first-order chi connectivity index (χ1) is 17.0. The molecule has 3 heterocycles. The van der Waals surface area contributed by atoms with Crippen LogP contribution in [0.5, 0.6) is 5.75 Å². The highest BCUT2D eigenvalue weighted by molar-refractivity contribution is 7.89. The highest BCUT2D eigenvalue weighted by Crippen LogP contribution is 2.36. The lowest BCUT2D eigenvalue weighted by Crippen LogP contribution is -2.17. The van der Waals surface area contributed by atoms with Gasteiger partial charge in [-0.3, -0.25) is 4.79 Å². The minimum absolute atomic E-state index is 0.0480. The van der Waals surface area contributed by atoms with Gasteiger partial charge in [-0.05, 0) is 62.7 Å². The third-order valence-corrected chi connectivity index (χ3v) is 6.84. The molecule has 1 unspecified atom stereocenters. The maximum Gasteiger partial charge on any atom is 0.259 e. The first-order valence-corrected chi connectivity index (χ1v) is 12.7. The van der Waals surface area contributed by atoms with E-state index in [1.165, 1.54) is 18.5 Å². The Bertz CT molecular complexity index is 1830. The van der Waals surface area contributed by atoms with Crippen molar-refractivity contribution in [3.05, 3.63) is 80.9 Å². The molecule has 2 aromatic carbocycles. The Morgan fingerprint density at radius 2 is 1.92 bits per heavy atom. The average molecular weight is 526 g/mol. The van der Waals surface area contributed by atoms with Crippen molar-refractivity contribution in [1.82, 2.24) is 9.97 Å². The van der Waals surface area contributed by atoms with Crippen LogP contribution in [0, 0.1) is 13.8 Å². The van der Waals surface area contributed by atoms with Gasteiger partial charge >= 0.3 is 0 Å². The third kappa shape index (κ3) is 4.13. The molecule has 0 fully saturated rings. The fourth-order valence-electron chi connectivity index (χ4n) is 4.15. The summed E-state index contributed by atoms with van der Waals surface area (Å²) in [5.74, 6) is 0.272. The zero-order valence-electron chi connectivity index (χ0n) is 19.4. The number of sulfonamides is 1. The van der Waals surface area contributed by atoms with Gasteiger partial charge in [0.25, 0.3) is 10.0 Å². The number of pyridine rings is 1. The first-order valence-electron chi connectivity index (χ1n) is 10.8. The number of ether oxygens (including phenoxy) is 1. The summed E-state index contributed by atoms with van der Waals surface area (Å²) < 4.78 is 41.9. The molecule has 0 aliphatic rings. The molecule has 0 bridgehead atoms. The number of rotatable bonds is 5. The van der Waals surface area contributed by atoms with Crippen LogP contribution in [0.1, 0.15) is 29.7 Å². The van der Waals surface area contributed by atoms with Gasteiger partial charge in [-0.25, -0.2) is 23.5 Å². The van der Waals surface area contributed by atoms with Crippen molar-refractivity contribution in [3.8, 4) is 17.1 Å². The molecule has 9 nitrogen and oxygen atoms in total. The van der Waals surface area contributed by atoms with Crippen molar-refractivity contribution in [3.63, 3.8) is 0 Å². The minimum Gasteiger partial charge on any atom is -0.483 e. The molecule has 0 aliphatic carbocycles. The predicted molar refractivity (Wildman–Crippen MR) is 135 cm³/mol. The normalized spacial score (nSPS) is 12.8. The van der Waals surface area contributed by atoms with E-state index in [1.54, 1.807) is 38.1 Å². The number of oxazole rings is 1. The number of primary sulfonamides is 1. The number of hydrogen-bond acceptors (Lipinski definition) is 8. The van der Waals surface area contributed by atoms with Gasteiger partial charge in [0, 0.05) is 16.7 Å². The van der Waals surface area contributed by atoms with Crippen LogP contribution in [0.2, 0.25) is 5.15 Å². The lowest BCUT2D eigenvalue weighted by atomic mass is 9.99. The number of benzene rings is 2. The predicted octanol–water partition coefficient (Wildman–Crippen LogP) is 5.05. The van der Waals surface area contributed by atoms with E-state index in [9.17, 15) is 13.2 Å². The molecule has 2 N–H and O–H groups in total. The fraction of sp³-hybridized carbons (Fsp3) is 0.160. The number of fused-ring (bicyclic) bond motifs is 2. The highest BCUT2D eigenvalue weighted by atomic mass is 35.5. The molecule has 11 heteroatoms. The van der Waals surface area contributed by atoms with E-state index in [1.807, 2.05) is 13.0 Å². The van der Waals surface area contributed by atoms with Gasteiger partial charge in [-0.1, -0.05) is 17.7 Å². The molecule has 5 rings (SSSR count). The second-order valence-electron chi connectivity index (χ2n) is 8.36. The summed E-state index contributed by atoms with van der Waals surface area (Å²) in [6.45, 7) is 5.24. The lowest BCUT2D eigenvalue weighted by molar-refractivity contribution is 0.219. The van der Waals surface area contributed by atoms with Gasteiger partial charge in [0.05, 0.1) is 5.39 Å². The second-order valence-corrected chi connectivity index (χ2v) is 10.2. The van der Waals surface area contributed by atoms with E-state index < -0.39 is 21.2 Å². The summed E-state index contributed by atoms with van der Waals surface area (Å²) in [4.78, 5) is 21.5. The van der Waals surface area contributed by atoms with Gasteiger partial charge in [0.15, 0.2) is 23.2 Å². The van der Waals surface area contributed by atoms with E-state index in [4.69, 9.17) is 30.3 Å². The molecule has 184 valence electrons. The summed E-state index contributed by atoms with van der Waals surface area (Å²) >= 11 is 5.87. The van der Waals surface area contributed by atoms with Crippen LogP contribution in [0.25, 0.3) is 33.4 Å². The topological polar surface area (TPSA) is 139 Å². The molecular formula is C25H20ClN3O6S. The zero-order valence-corrected chi connectivity index (χ0v) is 21.0. The smallest absolute Gasteiger partial charge is 0.259 e. The maximum absolute atomic E-state index is 13.4. The number of nitrogens with zero attached hydrogens (tertiary/aromatic N) is 2. The molecule has 36 heavy (non-hydrogen) atoms. The van der Waals surface area contributed by atoms with Crippen LogP contribution in [0.3, 0.4) is 0 Å². The fourth-order valence-corrected chi connectivity index (χ4v) is 4.97. The van der Waals surface area contributed by atoms with Gasteiger partial charge in [-0.15, -0.1) is 0 Å². The molecule has 1 atom stereocenters. The molecule has 0 aliphatic heterocycles. The Balaban J connectivity index is 1.71. The number of hydrogen-bond donors (Lipinski definition) is 1. The van der Waals surface area contributed by atoms with Crippen molar-refractivity contribution in [2.24, 2.45) is 5.14 Å². The first kappa shape index (κ1) is 24.0. The minimum atomic E-state index is -4.21. The summed E-state index contributed by atoms with van der Waals surface area (Å²) in [6, 6.07) is 11.7. The highest BCUT2D eigenvalue weighted by Gasteiger charge is 2.24. The van der Waals surface area contributed by atoms with Crippen molar-refractivity contribution in [2.45, 2.75) is 31.9 Å². The Morgan fingerprint density at radius 3 is 2.67 bits per heavy atom. The van der Waals surface area contributed by atoms with Crippen LogP contribution < -0.4 is 15.3 Å². The van der Waals surface area contributed by atoms with Crippen LogP contribution in [-0.2, 0) is 10.0 Å². The third-order valence-electron chi connectivity index (χ3n) is 5.80. The second kappa shape index (κ2) is 8.74. The van der Waals surface area contributed by atoms with Crippen molar-refractivity contribution < 1.29 is 22.0 Å². The van der Waals surface area contributed by atoms with Crippen LogP contribution >= 0.6 is 11.6 Å². The van der Waals surface area contributed by atoms with E-state index in [0.717, 1.165) is 5.56 Å². The van der Waals surface area contributed by atoms with E-state index >= 15 is 0 Å². The summed E-state index contributed by atoms with van der Waals surface area (Å²) in [5, 5.41) is 5.14. The number of nitrogens with two attached hydrogens (primary N) is 1. The standard InChI is InChI=1S/C25H20ClN3O6S/c1-12-9-16(14(3)34-19-7-8-20(26)29-25(19)36(27,31)32)24-17(10-12)22(30)13(2)23(35-24)15-5-4-6-18-21(15)28-11-33-18/h4-11,14H,1-3H3,(H2,27,31,32). The SMILES string of the molecule is Cc1cc(C(C)Oc2ccc(Cl)nc2S(N)(=O)=O)c2oc(-c3cccc4ocnc34)c(C)c(=O)c2c1. The largest absolute Gasteiger partial charge is 0.483 e. The number of halogens is 1. The van der Waals surface area contributed by atoms with Crippen molar-refractivity contribution in [1.29, 1.82) is 0 Å². The van der Waals surface area contributed by atoms with Gasteiger partial charge < -0.3 is 13.6 Å². The van der Waals surface area contributed by atoms with Crippen molar-refractivity contribution >= 4 is 43.7 Å². The van der Waals surface area contributed by atoms with Gasteiger partial charge in [0.1, 0.15) is 28.1 Å². The van der Waals surface area contributed by atoms with Crippen molar-refractivity contribution in [2.75, 3.05) is 0 Å². The maximum atomic E-state index is 13.4. The number of aromatic nitrogens is 2. The van der Waals surface area contributed by atoms with Crippen LogP contribution in [0.4, 0.5) is 0 Å². The zero-order chi connectivity index (χ0) is 25.8. The molecule has 0 saturated carbocycles. The molecule has 0 spiro atoms. The van der Waals surface area contributed by atoms with E-state index in [0.29, 0.717) is 44.5 Å². The Hall–Kier alpha value is -3.73. The summed E-state index contributed by atoms with van der Waals surface area (Å²) in [6.07, 6.45) is 0.578. The van der Waals surface area contributed by atoms with E-state index in [2.05, 4.69) is 9.97 Å². The average Bonchev–Trinajstić information content (AvgIpc) is 3.31. The van der Waals surface area contributed by atoms with Gasteiger partial charge in [0.2, 0.25) is 5.03 Å². The van der Waals surface area contributed by atoms with E-state index in [-0.39, 0.29) is 16.3 Å². The molecule has 0 radical (unpaired) electrons. The van der Waals surface area contributed by atoms with Gasteiger partial charge in [-0.2, -0.15) is 0 Å². The Morgan fingerprint density at radius 1 is 1.14 bits per heavy atom. The lowest BCUT2D eigenvalue weighted by Gasteiger charge is -2.19. The summed E-state index contributed by atoms with van der Waals surface area (Å²) in [7, 11) is -4.21. The number of aryl methyl sites for hydroxylation is 1.